The zero-order chi connectivity index (χ0) is 23.8. The van der Waals surface area contributed by atoms with Crippen LogP contribution in [0.5, 0.6) is 0 Å². The average molecular weight is 474 g/mol. The quantitative estimate of drug-likeness (QED) is 0.302. The van der Waals surface area contributed by atoms with Crippen LogP contribution in [0.3, 0.4) is 0 Å². The molecule has 2 aromatic rings. The molecule has 6 atom stereocenters. The van der Waals surface area contributed by atoms with Gasteiger partial charge in [-0.15, -0.1) is 0 Å². The maximum absolute atomic E-state index is 13.2. The van der Waals surface area contributed by atoms with Crippen LogP contribution in [-0.2, 0) is 12.4 Å². The summed E-state index contributed by atoms with van der Waals surface area (Å²) in [6.07, 6.45) is -0.404. The van der Waals surface area contributed by atoms with E-state index in [9.17, 15) is 26.3 Å². The number of halogens is 6. The van der Waals surface area contributed by atoms with Gasteiger partial charge in [-0.3, -0.25) is 0 Å². The lowest BCUT2D eigenvalue weighted by Crippen LogP contribution is -2.36. The molecule has 4 aliphatic rings. The maximum atomic E-state index is 13.2. The summed E-state index contributed by atoms with van der Waals surface area (Å²) in [6.45, 7) is 0. The van der Waals surface area contributed by atoms with Gasteiger partial charge in [0.1, 0.15) is 0 Å². The molecule has 0 heterocycles. The van der Waals surface area contributed by atoms with E-state index in [1.54, 1.807) is 24.3 Å². The van der Waals surface area contributed by atoms with Gasteiger partial charge in [0.05, 0.1) is 11.1 Å². The highest BCUT2D eigenvalue weighted by Crippen LogP contribution is 2.66. The van der Waals surface area contributed by atoms with E-state index in [0.717, 1.165) is 36.8 Å². The first-order valence-electron chi connectivity index (χ1n) is 11.9. The summed E-state index contributed by atoms with van der Waals surface area (Å²) in [5, 5.41) is 0. The van der Waals surface area contributed by atoms with Gasteiger partial charge in [-0.2, -0.15) is 26.3 Å². The molecule has 178 valence electrons. The smallest absolute Gasteiger partial charge is 0.166 e. The fourth-order valence-corrected chi connectivity index (χ4v) is 7.41. The Hall–Kier alpha value is -2.50. The first-order valence-corrected chi connectivity index (χ1v) is 11.9. The normalized spacial score (nSPS) is 32.3. The minimum Gasteiger partial charge on any atom is -0.166 e. The molecule has 4 aliphatic carbocycles. The summed E-state index contributed by atoms with van der Waals surface area (Å²) >= 11 is 0. The predicted octanol–water partition coefficient (Wildman–Crippen LogP) is 8.52. The van der Waals surface area contributed by atoms with Gasteiger partial charge in [-0.25, -0.2) is 0 Å². The van der Waals surface area contributed by atoms with E-state index >= 15 is 0 Å². The van der Waals surface area contributed by atoms with E-state index in [1.807, 2.05) is 0 Å². The monoisotopic (exact) mass is 474 g/mol. The zero-order valence-corrected chi connectivity index (χ0v) is 18.3. The Kier molecular flexibility index (Phi) is 4.85. The third kappa shape index (κ3) is 3.36. The van der Waals surface area contributed by atoms with Crippen LogP contribution in [-0.4, -0.2) is 0 Å². The fourth-order valence-electron chi connectivity index (χ4n) is 7.41. The first-order chi connectivity index (χ1) is 16.1. The average Bonchev–Trinajstić information content (AvgIpc) is 3.53. The second kappa shape index (κ2) is 7.50. The zero-order valence-electron chi connectivity index (χ0n) is 18.3. The van der Waals surface area contributed by atoms with E-state index in [1.165, 1.54) is 35.4 Å². The predicted molar refractivity (Wildman–Crippen MR) is 117 cm³/mol. The second-order valence-corrected chi connectivity index (χ2v) is 10.2. The number of hydrogen-bond donors (Lipinski definition) is 0. The number of benzene rings is 2. The summed E-state index contributed by atoms with van der Waals surface area (Å²) < 4.78 is 79.0. The van der Waals surface area contributed by atoms with Crippen molar-refractivity contribution in [2.45, 2.75) is 49.9 Å². The minimum atomic E-state index is -4.37. The summed E-state index contributed by atoms with van der Waals surface area (Å²) in [5.74, 6) is 1.39. The molecule has 0 N–H and O–H groups in total. The van der Waals surface area contributed by atoms with Crippen LogP contribution in [0.15, 0.2) is 71.8 Å². The molecule has 0 unspecified atom stereocenters. The van der Waals surface area contributed by atoms with E-state index in [4.69, 9.17) is 0 Å². The summed E-state index contributed by atoms with van der Waals surface area (Å²) in [4.78, 5) is 0. The number of fused-ring (bicyclic) bond motifs is 5. The van der Waals surface area contributed by atoms with Crippen molar-refractivity contribution in [2.24, 2.45) is 23.7 Å². The molecule has 6 heteroatoms. The molecule has 1 fully saturated rings. The maximum Gasteiger partial charge on any atom is 0.416 e. The molecule has 0 saturated heterocycles. The highest BCUT2D eigenvalue weighted by atomic mass is 19.4. The molecular formula is C28H24F6. The van der Waals surface area contributed by atoms with Crippen molar-refractivity contribution in [3.05, 3.63) is 94.1 Å². The van der Waals surface area contributed by atoms with Crippen LogP contribution in [0.4, 0.5) is 26.3 Å². The Morgan fingerprint density at radius 3 is 1.29 bits per heavy atom. The molecule has 2 bridgehead atoms. The summed E-state index contributed by atoms with van der Waals surface area (Å²) in [5.41, 5.74) is 3.21. The van der Waals surface area contributed by atoms with Crippen molar-refractivity contribution < 1.29 is 26.3 Å². The Bertz CT molecular complexity index is 1060. The van der Waals surface area contributed by atoms with Crippen molar-refractivity contribution in [1.82, 2.24) is 0 Å². The Morgan fingerprint density at radius 2 is 0.941 bits per heavy atom. The van der Waals surface area contributed by atoms with Gasteiger partial charge in [0, 0.05) is 11.8 Å². The molecule has 2 aromatic carbocycles. The third-order valence-corrected chi connectivity index (χ3v) is 8.60. The number of allylic oxidation sites excluding steroid dienone is 4. The van der Waals surface area contributed by atoms with Crippen LogP contribution in [0.2, 0.25) is 0 Å². The van der Waals surface area contributed by atoms with Crippen LogP contribution < -0.4 is 0 Å². The van der Waals surface area contributed by atoms with Gasteiger partial charge < -0.3 is 0 Å². The largest absolute Gasteiger partial charge is 0.416 e. The first kappa shape index (κ1) is 22.0. The molecular weight excluding hydrogens is 450 g/mol. The van der Waals surface area contributed by atoms with E-state index in [2.05, 4.69) is 12.2 Å². The van der Waals surface area contributed by atoms with Gasteiger partial charge in [0.2, 0.25) is 0 Å². The standard InChI is InChI=1S/C28H24F6/c29-27(30,31)19-10-6-15(7-11-19)23-21-2-1-3-22(21)24(26-18-5-4-17(14-18)25(23)26)16-8-12-20(13-9-16)28(32,33)34/h4-13,17-18,23-26H,1-3,14H2/t17-,18+,23+,24-,25-,26+. The topological polar surface area (TPSA) is 0 Å². The fraction of sp³-hybridized carbons (Fsp3) is 0.429. The Labute approximate surface area is 194 Å². The molecule has 0 aliphatic heterocycles. The number of hydrogen-bond acceptors (Lipinski definition) is 0. The van der Waals surface area contributed by atoms with Crippen LogP contribution in [0, 0.1) is 23.7 Å². The second-order valence-electron chi connectivity index (χ2n) is 10.2. The van der Waals surface area contributed by atoms with Gasteiger partial charge in [-0.05, 0) is 84.7 Å². The summed E-state index contributed by atoms with van der Waals surface area (Å²) in [6, 6.07) is 11.3. The molecule has 34 heavy (non-hydrogen) atoms. The van der Waals surface area contributed by atoms with Crippen LogP contribution in [0.1, 0.15) is 59.8 Å². The van der Waals surface area contributed by atoms with E-state index in [-0.39, 0.29) is 23.7 Å². The van der Waals surface area contributed by atoms with Crippen molar-refractivity contribution in [3.63, 3.8) is 0 Å². The molecule has 0 aromatic heterocycles. The van der Waals surface area contributed by atoms with Gasteiger partial charge in [0.25, 0.3) is 0 Å². The van der Waals surface area contributed by atoms with Gasteiger partial charge >= 0.3 is 12.4 Å². The highest BCUT2D eigenvalue weighted by molar-refractivity contribution is 5.48. The number of alkyl halides is 6. The lowest BCUT2D eigenvalue weighted by Gasteiger charge is -2.46. The van der Waals surface area contributed by atoms with Gasteiger partial charge in [-0.1, -0.05) is 47.6 Å². The Morgan fingerprint density at radius 1 is 0.559 bits per heavy atom. The lowest BCUT2D eigenvalue weighted by molar-refractivity contribution is -0.138. The molecule has 0 amide bonds. The van der Waals surface area contributed by atoms with Crippen LogP contribution in [0.25, 0.3) is 0 Å². The molecule has 0 spiro atoms. The van der Waals surface area contributed by atoms with Crippen molar-refractivity contribution >= 4 is 0 Å². The van der Waals surface area contributed by atoms with Crippen LogP contribution >= 0.6 is 0 Å². The Balaban J connectivity index is 1.45. The third-order valence-electron chi connectivity index (χ3n) is 8.60. The summed E-state index contributed by atoms with van der Waals surface area (Å²) in [7, 11) is 0. The lowest BCUT2D eigenvalue weighted by atomic mass is 9.58. The molecule has 0 radical (unpaired) electrons. The molecule has 0 nitrogen and oxygen atoms in total. The van der Waals surface area contributed by atoms with E-state index in [0.29, 0.717) is 11.8 Å². The van der Waals surface area contributed by atoms with Gasteiger partial charge in [0.15, 0.2) is 0 Å². The molecule has 1 saturated carbocycles. The van der Waals surface area contributed by atoms with Crippen molar-refractivity contribution in [3.8, 4) is 0 Å². The molecule has 6 rings (SSSR count). The number of rotatable bonds is 2. The SMILES string of the molecule is FC(F)(F)c1ccc([C@H]2C3=C(CCC3)[C@@H](c3ccc(C(F)(F)F)cc3)[C@H]3[C@@H]2[C@@H]2C=C[C@H]3C2)cc1. The minimum absolute atomic E-state index is 0.0791. The van der Waals surface area contributed by atoms with Crippen molar-refractivity contribution in [1.29, 1.82) is 0 Å². The van der Waals surface area contributed by atoms with E-state index < -0.39 is 23.5 Å². The highest BCUT2D eigenvalue weighted by Gasteiger charge is 2.56. The van der Waals surface area contributed by atoms with Crippen molar-refractivity contribution in [2.75, 3.05) is 0 Å².